The van der Waals surface area contributed by atoms with E-state index < -0.39 is 17.6 Å². The van der Waals surface area contributed by atoms with Crippen molar-refractivity contribution >= 4 is 18.0 Å². The summed E-state index contributed by atoms with van der Waals surface area (Å²) in [5.41, 5.74) is 3.16. The number of rotatable bonds is 8. The molecule has 34 heavy (non-hydrogen) atoms. The first-order chi connectivity index (χ1) is 16.3. The zero-order chi connectivity index (χ0) is 24.3. The van der Waals surface area contributed by atoms with Gasteiger partial charge in [0.05, 0.1) is 6.61 Å². The highest BCUT2D eigenvalue weighted by Crippen LogP contribution is 2.44. The second-order valence-electron chi connectivity index (χ2n) is 9.22. The maximum Gasteiger partial charge on any atom is 0.408 e. The first-order valence-electron chi connectivity index (χ1n) is 11.5. The first-order valence-corrected chi connectivity index (χ1v) is 11.5. The monoisotopic (exact) mass is 466 g/mol. The van der Waals surface area contributed by atoms with Gasteiger partial charge >= 0.3 is 12.1 Å². The molecule has 4 rings (SSSR count). The van der Waals surface area contributed by atoms with Crippen LogP contribution in [-0.2, 0) is 19.1 Å². The van der Waals surface area contributed by atoms with E-state index in [0.717, 1.165) is 22.3 Å². The van der Waals surface area contributed by atoms with Crippen LogP contribution in [-0.4, -0.2) is 66.9 Å². The number of likely N-dealkylation sites (tertiary alicyclic amines) is 1. The average molecular weight is 467 g/mol. The van der Waals surface area contributed by atoms with Gasteiger partial charge in [0.1, 0.15) is 12.1 Å². The maximum absolute atomic E-state index is 13.2. The van der Waals surface area contributed by atoms with Crippen LogP contribution in [0, 0.1) is 5.92 Å². The third kappa shape index (κ3) is 4.77. The Kier molecular flexibility index (Phi) is 6.88. The fourth-order valence-electron chi connectivity index (χ4n) is 5.08. The minimum atomic E-state index is -1.32. The van der Waals surface area contributed by atoms with E-state index in [9.17, 15) is 14.4 Å². The number of methoxy groups -OCH3 is 1. The molecule has 1 aliphatic carbocycles. The van der Waals surface area contributed by atoms with Crippen molar-refractivity contribution in [2.45, 2.75) is 31.2 Å². The third-order valence-corrected chi connectivity index (χ3v) is 6.66. The highest BCUT2D eigenvalue weighted by molar-refractivity contribution is 5.90. The molecular weight excluding hydrogens is 436 g/mol. The van der Waals surface area contributed by atoms with E-state index >= 15 is 0 Å². The fraction of sp³-hybridized carbons (Fsp3) is 0.423. The molecule has 1 heterocycles. The number of carboxylic acids is 1. The Labute approximate surface area is 198 Å². The van der Waals surface area contributed by atoms with Gasteiger partial charge in [-0.1, -0.05) is 48.5 Å². The molecule has 2 unspecified atom stereocenters. The Bertz CT molecular complexity index is 1040. The van der Waals surface area contributed by atoms with Gasteiger partial charge in [-0.25, -0.2) is 4.79 Å². The molecule has 2 aliphatic rings. The number of nitrogens with zero attached hydrogens (tertiary/aromatic N) is 1. The standard InChI is InChI=1S/C26H30N2O6/c1-26(16-33-2,24(31)28-12-11-17(14-28)13-23(29)30)27-25(32)34-15-22-20-9-5-3-7-18(20)19-8-4-6-10-21(19)22/h3-10,17,22H,11-16H2,1-2H3,(H,27,32)(H,29,30). The van der Waals surface area contributed by atoms with Gasteiger partial charge in [0, 0.05) is 32.5 Å². The lowest BCUT2D eigenvalue weighted by molar-refractivity contribution is -0.140. The number of alkyl carbamates (subject to hydrolysis) is 1. The molecule has 2 atom stereocenters. The van der Waals surface area contributed by atoms with Crippen molar-refractivity contribution in [3.8, 4) is 11.1 Å². The van der Waals surface area contributed by atoms with Crippen LogP contribution < -0.4 is 5.32 Å². The van der Waals surface area contributed by atoms with Gasteiger partial charge in [-0.15, -0.1) is 0 Å². The molecule has 180 valence electrons. The summed E-state index contributed by atoms with van der Waals surface area (Å²) in [6.45, 7) is 2.50. The van der Waals surface area contributed by atoms with Gasteiger partial charge in [0.2, 0.25) is 0 Å². The molecule has 0 aromatic heterocycles. The van der Waals surface area contributed by atoms with Crippen LogP contribution in [0.2, 0.25) is 0 Å². The Balaban J connectivity index is 1.42. The maximum atomic E-state index is 13.2. The summed E-state index contributed by atoms with van der Waals surface area (Å²) in [5.74, 6) is -1.37. The molecule has 2 N–H and O–H groups in total. The molecule has 8 nitrogen and oxygen atoms in total. The zero-order valence-electron chi connectivity index (χ0n) is 19.5. The van der Waals surface area contributed by atoms with Crippen LogP contribution in [0.3, 0.4) is 0 Å². The van der Waals surface area contributed by atoms with Gasteiger partial charge in [-0.2, -0.15) is 0 Å². The molecule has 1 aliphatic heterocycles. The average Bonchev–Trinajstić information content (AvgIpc) is 3.39. The number of ether oxygens (including phenoxy) is 2. The smallest absolute Gasteiger partial charge is 0.408 e. The summed E-state index contributed by atoms with van der Waals surface area (Å²) in [5, 5.41) is 11.7. The van der Waals surface area contributed by atoms with Crippen molar-refractivity contribution < 1.29 is 29.0 Å². The van der Waals surface area contributed by atoms with Crippen LogP contribution in [0.4, 0.5) is 4.79 Å². The van der Waals surface area contributed by atoms with Crippen LogP contribution in [0.25, 0.3) is 11.1 Å². The normalized spacial score (nSPS) is 18.6. The molecule has 0 bridgehead atoms. The summed E-state index contributed by atoms with van der Waals surface area (Å²) in [7, 11) is 1.46. The lowest BCUT2D eigenvalue weighted by atomic mass is 9.98. The molecule has 2 aromatic rings. The van der Waals surface area contributed by atoms with Crippen molar-refractivity contribution in [3.05, 3.63) is 59.7 Å². The number of hydrogen-bond acceptors (Lipinski definition) is 5. The van der Waals surface area contributed by atoms with Gasteiger partial charge in [-0.3, -0.25) is 9.59 Å². The number of carboxylic acid groups (broad SMARTS) is 1. The van der Waals surface area contributed by atoms with Gasteiger partial charge in [0.25, 0.3) is 5.91 Å². The van der Waals surface area contributed by atoms with E-state index in [1.54, 1.807) is 11.8 Å². The van der Waals surface area contributed by atoms with Crippen LogP contribution in [0.1, 0.15) is 36.8 Å². The molecule has 1 saturated heterocycles. The summed E-state index contributed by atoms with van der Waals surface area (Å²) in [6, 6.07) is 16.1. The lowest BCUT2D eigenvalue weighted by Gasteiger charge is -2.32. The number of benzene rings is 2. The number of carbonyl (C=O) groups excluding carboxylic acids is 2. The summed E-state index contributed by atoms with van der Waals surface area (Å²) in [6.07, 6.45) is -0.0626. The number of nitrogens with one attached hydrogen (secondary N) is 1. The predicted octanol–water partition coefficient (Wildman–Crippen LogP) is 3.25. The van der Waals surface area contributed by atoms with E-state index in [1.165, 1.54) is 7.11 Å². The van der Waals surface area contributed by atoms with Crippen molar-refractivity contribution in [3.63, 3.8) is 0 Å². The fourth-order valence-corrected chi connectivity index (χ4v) is 5.08. The first kappa shape index (κ1) is 23.8. The largest absolute Gasteiger partial charge is 0.481 e. The highest BCUT2D eigenvalue weighted by Gasteiger charge is 2.42. The zero-order valence-corrected chi connectivity index (χ0v) is 19.5. The van der Waals surface area contributed by atoms with Crippen molar-refractivity contribution in [1.82, 2.24) is 10.2 Å². The van der Waals surface area contributed by atoms with Crippen LogP contribution in [0.15, 0.2) is 48.5 Å². The topological polar surface area (TPSA) is 105 Å². The minimum absolute atomic E-state index is 0.0184. The minimum Gasteiger partial charge on any atom is -0.481 e. The molecular formula is C26H30N2O6. The second-order valence-corrected chi connectivity index (χ2v) is 9.22. The highest BCUT2D eigenvalue weighted by atomic mass is 16.5. The number of amides is 2. The van der Waals surface area contributed by atoms with Gasteiger partial charge in [0.15, 0.2) is 0 Å². The Morgan fingerprint density at radius 1 is 1.09 bits per heavy atom. The predicted molar refractivity (Wildman–Crippen MR) is 125 cm³/mol. The van der Waals surface area contributed by atoms with E-state index in [1.807, 2.05) is 36.4 Å². The molecule has 0 spiro atoms. The number of fused-ring (bicyclic) bond motifs is 3. The SMILES string of the molecule is COCC(C)(NC(=O)OCC1c2ccccc2-c2ccccc21)C(=O)N1CCC(CC(=O)O)C1. The van der Waals surface area contributed by atoms with Crippen molar-refractivity contribution in [2.24, 2.45) is 5.92 Å². The van der Waals surface area contributed by atoms with Gasteiger partial charge < -0.3 is 24.8 Å². The van der Waals surface area contributed by atoms with Gasteiger partial charge in [-0.05, 0) is 41.5 Å². The Morgan fingerprint density at radius 3 is 2.29 bits per heavy atom. The molecule has 2 amide bonds. The quantitative estimate of drug-likeness (QED) is 0.619. The Morgan fingerprint density at radius 2 is 1.71 bits per heavy atom. The van der Waals surface area contributed by atoms with E-state index in [-0.39, 0.29) is 37.4 Å². The van der Waals surface area contributed by atoms with Crippen molar-refractivity contribution in [1.29, 1.82) is 0 Å². The summed E-state index contributed by atoms with van der Waals surface area (Å²) >= 11 is 0. The molecule has 1 fully saturated rings. The number of aliphatic carboxylic acids is 1. The molecule has 0 radical (unpaired) electrons. The molecule has 0 saturated carbocycles. The van der Waals surface area contributed by atoms with E-state index in [2.05, 4.69) is 17.4 Å². The third-order valence-electron chi connectivity index (χ3n) is 6.66. The second kappa shape index (κ2) is 9.85. The van der Waals surface area contributed by atoms with Crippen LogP contribution in [0.5, 0.6) is 0 Å². The lowest BCUT2D eigenvalue weighted by Crippen LogP contribution is -2.60. The van der Waals surface area contributed by atoms with Crippen LogP contribution >= 0.6 is 0 Å². The van der Waals surface area contributed by atoms with E-state index in [4.69, 9.17) is 14.6 Å². The Hall–Kier alpha value is -3.39. The summed E-state index contributed by atoms with van der Waals surface area (Å²) in [4.78, 5) is 38.7. The number of carbonyl (C=O) groups is 3. The van der Waals surface area contributed by atoms with Crippen molar-refractivity contribution in [2.75, 3.05) is 33.4 Å². The molecule has 8 heteroatoms. The summed E-state index contributed by atoms with van der Waals surface area (Å²) < 4.78 is 10.9. The molecule has 2 aromatic carbocycles. The van der Waals surface area contributed by atoms with E-state index in [0.29, 0.717) is 19.5 Å². The number of hydrogen-bond donors (Lipinski definition) is 2.